The van der Waals surface area contributed by atoms with Gasteiger partial charge in [-0.1, -0.05) is 0 Å². The van der Waals surface area contributed by atoms with E-state index in [4.69, 9.17) is 10.5 Å². The molecule has 2 N–H and O–H groups in total. The topological polar surface area (TPSA) is 64.8 Å². The molecule has 2 aromatic rings. The number of nitrogens with zero attached hydrogens (tertiary/aromatic N) is 1. The molecule has 0 atom stereocenters. The molecule has 0 saturated heterocycles. The Morgan fingerprint density at radius 1 is 1.17 bits per heavy atom. The fourth-order valence-electron chi connectivity index (χ4n) is 1.95. The number of ether oxygens (including phenoxy) is 2. The van der Waals surface area contributed by atoms with Crippen LogP contribution < -0.4 is 20.1 Å². The van der Waals surface area contributed by atoms with E-state index in [9.17, 15) is 13.6 Å². The largest absolute Gasteiger partial charge is 0.491 e. The Balaban J connectivity index is 2.05. The summed E-state index contributed by atoms with van der Waals surface area (Å²) in [5, 5.41) is 0. The number of benzene rings is 2. The molecule has 0 radical (unpaired) electrons. The van der Waals surface area contributed by atoms with Gasteiger partial charge in [0.2, 0.25) is 0 Å². The summed E-state index contributed by atoms with van der Waals surface area (Å²) in [5.74, 6) is -1.51. The monoisotopic (exact) mass is 322 g/mol. The molecule has 5 nitrogen and oxygen atoms in total. The number of carbonyl (C=O) groups excluding carboxylic acids is 1. The number of amides is 2. The molecule has 2 aromatic carbocycles. The number of rotatable bonds is 5. The normalized spacial score (nSPS) is 10.3. The Labute approximate surface area is 132 Å². The zero-order valence-corrected chi connectivity index (χ0v) is 12.7. The first-order valence-corrected chi connectivity index (χ1v) is 6.70. The van der Waals surface area contributed by atoms with Gasteiger partial charge in [-0.05, 0) is 42.0 Å². The van der Waals surface area contributed by atoms with Gasteiger partial charge in [0.1, 0.15) is 12.4 Å². The minimum absolute atomic E-state index is 0.0111. The van der Waals surface area contributed by atoms with Crippen LogP contribution in [0.3, 0.4) is 0 Å². The van der Waals surface area contributed by atoms with Crippen LogP contribution in [0, 0.1) is 11.6 Å². The van der Waals surface area contributed by atoms with Gasteiger partial charge >= 0.3 is 6.03 Å². The van der Waals surface area contributed by atoms with Crippen LogP contribution in [0.15, 0.2) is 36.4 Å². The maximum Gasteiger partial charge on any atom is 0.318 e. The number of hydrogen-bond acceptors (Lipinski definition) is 3. The number of urea groups is 1. The highest BCUT2D eigenvalue weighted by molar-refractivity contribution is 5.90. The summed E-state index contributed by atoms with van der Waals surface area (Å²) in [6.45, 7) is -0.0111. The zero-order valence-electron chi connectivity index (χ0n) is 12.7. The predicted octanol–water partition coefficient (Wildman–Crippen LogP) is 3.07. The summed E-state index contributed by atoms with van der Waals surface area (Å²) < 4.78 is 37.2. The third-order valence-electron chi connectivity index (χ3n) is 3.22. The Morgan fingerprint density at radius 3 is 2.22 bits per heavy atom. The van der Waals surface area contributed by atoms with Gasteiger partial charge in [-0.3, -0.25) is 4.90 Å². The lowest BCUT2D eigenvalue weighted by molar-refractivity contribution is 0.255. The SMILES string of the molecule is COc1c(F)cc(COc2ccc(N(C)C(N)=O)cc2)cc1F. The van der Waals surface area contributed by atoms with E-state index in [0.717, 1.165) is 12.1 Å². The lowest BCUT2D eigenvalue weighted by Gasteiger charge is -2.15. The number of hydrogen-bond donors (Lipinski definition) is 1. The number of anilines is 1. The van der Waals surface area contributed by atoms with E-state index >= 15 is 0 Å². The number of methoxy groups -OCH3 is 1. The smallest absolute Gasteiger partial charge is 0.318 e. The lowest BCUT2D eigenvalue weighted by atomic mass is 10.2. The van der Waals surface area contributed by atoms with E-state index in [1.807, 2.05) is 0 Å². The Hall–Kier alpha value is -2.83. The van der Waals surface area contributed by atoms with Crippen molar-refractivity contribution in [1.29, 1.82) is 0 Å². The fraction of sp³-hybridized carbons (Fsp3) is 0.188. The second kappa shape index (κ2) is 6.95. The molecule has 2 rings (SSSR count). The van der Waals surface area contributed by atoms with E-state index in [1.54, 1.807) is 31.3 Å². The van der Waals surface area contributed by atoms with Gasteiger partial charge in [-0.2, -0.15) is 0 Å². The molecule has 23 heavy (non-hydrogen) atoms. The molecule has 0 fully saturated rings. The van der Waals surface area contributed by atoms with E-state index in [-0.39, 0.29) is 6.61 Å². The van der Waals surface area contributed by atoms with Crippen molar-refractivity contribution in [2.24, 2.45) is 5.73 Å². The van der Waals surface area contributed by atoms with Gasteiger partial charge in [-0.15, -0.1) is 0 Å². The molecule has 0 spiro atoms. The van der Waals surface area contributed by atoms with Crippen molar-refractivity contribution in [2.45, 2.75) is 6.61 Å². The van der Waals surface area contributed by atoms with Crippen LogP contribution in [0.5, 0.6) is 11.5 Å². The van der Waals surface area contributed by atoms with Crippen molar-refractivity contribution in [3.63, 3.8) is 0 Å². The van der Waals surface area contributed by atoms with Crippen LogP contribution in [-0.2, 0) is 6.61 Å². The van der Waals surface area contributed by atoms with E-state index in [2.05, 4.69) is 4.74 Å². The lowest BCUT2D eigenvalue weighted by Crippen LogP contribution is -2.31. The Kier molecular flexibility index (Phi) is 5.00. The Morgan fingerprint density at radius 2 is 1.74 bits per heavy atom. The summed E-state index contributed by atoms with van der Waals surface area (Å²) in [6, 6.07) is 8.28. The quantitative estimate of drug-likeness (QED) is 0.920. The highest BCUT2D eigenvalue weighted by Crippen LogP contribution is 2.24. The molecule has 0 aliphatic rings. The van der Waals surface area contributed by atoms with Crippen LogP contribution in [0.25, 0.3) is 0 Å². The molecule has 0 aliphatic carbocycles. The molecule has 0 unspecified atom stereocenters. The Bertz CT molecular complexity index is 682. The van der Waals surface area contributed by atoms with Crippen molar-refractivity contribution >= 4 is 11.7 Å². The van der Waals surface area contributed by atoms with Crippen LogP contribution in [0.1, 0.15) is 5.56 Å². The van der Waals surface area contributed by atoms with Gasteiger partial charge in [0.05, 0.1) is 7.11 Å². The third-order valence-corrected chi connectivity index (χ3v) is 3.22. The second-order valence-corrected chi connectivity index (χ2v) is 4.77. The molecule has 122 valence electrons. The van der Waals surface area contributed by atoms with Crippen LogP contribution in [-0.4, -0.2) is 20.2 Å². The van der Waals surface area contributed by atoms with Crippen molar-refractivity contribution in [2.75, 3.05) is 19.1 Å². The molecule has 0 heterocycles. The maximum absolute atomic E-state index is 13.6. The number of nitrogens with two attached hydrogens (primary N) is 1. The second-order valence-electron chi connectivity index (χ2n) is 4.77. The molecule has 0 aromatic heterocycles. The maximum atomic E-state index is 13.6. The first-order chi connectivity index (χ1) is 10.9. The zero-order chi connectivity index (χ0) is 17.0. The van der Waals surface area contributed by atoms with Crippen LogP contribution >= 0.6 is 0 Å². The number of primary amides is 1. The molecular weight excluding hydrogens is 306 g/mol. The molecule has 2 amide bonds. The van der Waals surface area contributed by atoms with Gasteiger partial charge in [0, 0.05) is 12.7 Å². The van der Waals surface area contributed by atoms with Crippen molar-refractivity contribution in [3.05, 3.63) is 53.6 Å². The molecule has 0 bridgehead atoms. The van der Waals surface area contributed by atoms with Crippen molar-refractivity contribution < 1.29 is 23.0 Å². The molecule has 0 saturated carbocycles. The first-order valence-electron chi connectivity index (χ1n) is 6.70. The summed E-state index contributed by atoms with van der Waals surface area (Å²) in [7, 11) is 2.74. The predicted molar refractivity (Wildman–Crippen MR) is 81.7 cm³/mol. The first kappa shape index (κ1) is 16.5. The highest BCUT2D eigenvalue weighted by Gasteiger charge is 2.12. The third kappa shape index (κ3) is 3.88. The molecular formula is C16H16F2N2O3. The average Bonchev–Trinajstić information content (AvgIpc) is 2.52. The summed E-state index contributed by atoms with van der Waals surface area (Å²) >= 11 is 0. The van der Waals surface area contributed by atoms with Gasteiger partial charge in [-0.25, -0.2) is 13.6 Å². The van der Waals surface area contributed by atoms with Crippen molar-refractivity contribution in [3.8, 4) is 11.5 Å². The summed E-state index contributed by atoms with van der Waals surface area (Å²) in [6.07, 6.45) is 0. The van der Waals surface area contributed by atoms with Gasteiger partial charge < -0.3 is 15.2 Å². The van der Waals surface area contributed by atoms with Crippen LogP contribution in [0.2, 0.25) is 0 Å². The van der Waals surface area contributed by atoms with E-state index in [0.29, 0.717) is 17.0 Å². The van der Waals surface area contributed by atoms with Crippen LogP contribution in [0.4, 0.5) is 19.3 Å². The highest BCUT2D eigenvalue weighted by atomic mass is 19.1. The fourth-order valence-corrected chi connectivity index (χ4v) is 1.95. The minimum atomic E-state index is -0.787. The van der Waals surface area contributed by atoms with E-state index in [1.165, 1.54) is 12.0 Å². The average molecular weight is 322 g/mol. The number of halogens is 2. The van der Waals surface area contributed by atoms with Gasteiger partial charge in [0.25, 0.3) is 0 Å². The summed E-state index contributed by atoms with van der Waals surface area (Å²) in [5.41, 5.74) is 6.10. The van der Waals surface area contributed by atoms with Crippen molar-refractivity contribution in [1.82, 2.24) is 0 Å². The van der Waals surface area contributed by atoms with Gasteiger partial charge in [0.15, 0.2) is 17.4 Å². The van der Waals surface area contributed by atoms with E-state index < -0.39 is 23.4 Å². The minimum Gasteiger partial charge on any atom is -0.491 e. The number of carbonyl (C=O) groups is 1. The summed E-state index contributed by atoms with van der Waals surface area (Å²) in [4.78, 5) is 12.3. The molecule has 0 aliphatic heterocycles. The molecule has 7 heteroatoms. The standard InChI is InChI=1S/C16H16F2N2O3/c1-20(16(19)21)11-3-5-12(6-4-11)23-9-10-7-13(17)15(22-2)14(18)8-10/h3-8H,9H2,1-2H3,(H2,19,21).